The van der Waals surface area contributed by atoms with Gasteiger partial charge in [-0.15, -0.1) is 0 Å². The Hall–Kier alpha value is -1.03. The van der Waals surface area contributed by atoms with E-state index in [1.54, 1.807) is 0 Å². The molecular weight excluding hydrogens is 166 g/mol. The van der Waals surface area contributed by atoms with Gasteiger partial charge in [0.15, 0.2) is 0 Å². The summed E-state index contributed by atoms with van der Waals surface area (Å²) in [7, 11) is 1.93. The molecule has 1 aromatic rings. The molecule has 0 amide bonds. The molecule has 0 saturated carbocycles. The van der Waals surface area contributed by atoms with Crippen molar-refractivity contribution in [2.75, 3.05) is 18.5 Å². The van der Waals surface area contributed by atoms with Gasteiger partial charge < -0.3 is 10.1 Å². The first-order chi connectivity index (χ1) is 6.25. The maximum Gasteiger partial charge on any atom is 0.0825 e. The molecule has 72 valence electrons. The molecule has 0 aromatic carbocycles. The molecule has 4 heteroatoms. The number of aromatic nitrogens is 2. The summed E-state index contributed by atoms with van der Waals surface area (Å²) < 4.78 is 7.11. The fourth-order valence-corrected chi connectivity index (χ4v) is 1.61. The molecule has 2 heterocycles. The normalized spacial score (nSPS) is 22.2. The first kappa shape index (κ1) is 8.56. The highest BCUT2D eigenvalue weighted by Crippen LogP contribution is 2.16. The molecular formula is C9H15N3O. The van der Waals surface area contributed by atoms with E-state index < -0.39 is 0 Å². The minimum absolute atomic E-state index is 0.461. The van der Waals surface area contributed by atoms with Crippen LogP contribution in [0.2, 0.25) is 0 Å². The summed E-state index contributed by atoms with van der Waals surface area (Å²) in [6, 6.07) is 0.461. The smallest absolute Gasteiger partial charge is 0.0825 e. The van der Waals surface area contributed by atoms with E-state index in [-0.39, 0.29) is 0 Å². The second-order valence-corrected chi connectivity index (χ2v) is 3.51. The van der Waals surface area contributed by atoms with Gasteiger partial charge in [-0.25, -0.2) is 0 Å². The largest absolute Gasteiger partial charge is 0.379 e. The summed E-state index contributed by atoms with van der Waals surface area (Å²) in [6.45, 7) is 3.70. The summed E-state index contributed by atoms with van der Waals surface area (Å²) in [5, 5.41) is 7.69. The summed E-state index contributed by atoms with van der Waals surface area (Å²) in [5.74, 6) is 0. The van der Waals surface area contributed by atoms with Crippen LogP contribution in [0.3, 0.4) is 0 Å². The molecule has 4 nitrogen and oxygen atoms in total. The summed E-state index contributed by atoms with van der Waals surface area (Å²) >= 11 is 0. The van der Waals surface area contributed by atoms with Crippen LogP contribution in [0.1, 0.15) is 12.1 Å². The Morgan fingerprint density at radius 3 is 3.08 bits per heavy atom. The Morgan fingerprint density at radius 1 is 1.69 bits per heavy atom. The first-order valence-corrected chi connectivity index (χ1v) is 4.60. The number of aryl methyl sites for hydroxylation is 2. The number of nitrogens with one attached hydrogen (secondary N) is 1. The van der Waals surface area contributed by atoms with Crippen molar-refractivity contribution in [1.82, 2.24) is 9.78 Å². The van der Waals surface area contributed by atoms with Crippen molar-refractivity contribution in [3.63, 3.8) is 0 Å². The molecule has 0 radical (unpaired) electrons. The van der Waals surface area contributed by atoms with Crippen LogP contribution in [0, 0.1) is 6.92 Å². The lowest BCUT2D eigenvalue weighted by molar-refractivity contribution is 0.195. The van der Waals surface area contributed by atoms with Gasteiger partial charge in [0, 0.05) is 19.9 Å². The number of hydrogen-bond acceptors (Lipinski definition) is 3. The Morgan fingerprint density at radius 2 is 2.54 bits per heavy atom. The van der Waals surface area contributed by atoms with Gasteiger partial charge in [0.05, 0.1) is 24.0 Å². The van der Waals surface area contributed by atoms with Gasteiger partial charge in [-0.1, -0.05) is 0 Å². The topological polar surface area (TPSA) is 39.1 Å². The van der Waals surface area contributed by atoms with Gasteiger partial charge in [-0.3, -0.25) is 4.68 Å². The minimum atomic E-state index is 0.461. The number of nitrogens with zero attached hydrogens (tertiary/aromatic N) is 2. The third kappa shape index (κ3) is 1.83. The molecule has 0 bridgehead atoms. The number of anilines is 1. The second-order valence-electron chi connectivity index (χ2n) is 3.51. The van der Waals surface area contributed by atoms with E-state index >= 15 is 0 Å². The lowest BCUT2D eigenvalue weighted by atomic mass is 10.2. The van der Waals surface area contributed by atoms with E-state index in [0.29, 0.717) is 6.04 Å². The first-order valence-electron chi connectivity index (χ1n) is 4.60. The van der Waals surface area contributed by atoms with E-state index in [2.05, 4.69) is 10.4 Å². The quantitative estimate of drug-likeness (QED) is 0.737. The Kier molecular flexibility index (Phi) is 2.22. The van der Waals surface area contributed by atoms with Crippen molar-refractivity contribution in [3.8, 4) is 0 Å². The zero-order valence-electron chi connectivity index (χ0n) is 8.08. The standard InChI is InChI=1S/C9H15N3O/c1-7-9(5-12(2)11-7)10-8-3-4-13-6-8/h5,8,10H,3-4,6H2,1-2H3. The summed E-state index contributed by atoms with van der Waals surface area (Å²) in [4.78, 5) is 0. The highest BCUT2D eigenvalue weighted by atomic mass is 16.5. The van der Waals surface area contributed by atoms with Crippen LogP contribution in [-0.2, 0) is 11.8 Å². The predicted molar refractivity (Wildman–Crippen MR) is 50.8 cm³/mol. The Bertz CT molecular complexity index is 289. The van der Waals surface area contributed by atoms with Crippen LogP contribution < -0.4 is 5.32 Å². The van der Waals surface area contributed by atoms with Crippen molar-refractivity contribution in [2.45, 2.75) is 19.4 Å². The maximum absolute atomic E-state index is 5.29. The van der Waals surface area contributed by atoms with Crippen LogP contribution in [0.4, 0.5) is 5.69 Å². The molecule has 0 spiro atoms. The minimum Gasteiger partial charge on any atom is -0.379 e. The van der Waals surface area contributed by atoms with Crippen LogP contribution >= 0.6 is 0 Å². The van der Waals surface area contributed by atoms with Crippen molar-refractivity contribution in [1.29, 1.82) is 0 Å². The molecule has 1 saturated heterocycles. The van der Waals surface area contributed by atoms with Gasteiger partial charge in [-0.2, -0.15) is 5.10 Å². The van der Waals surface area contributed by atoms with Gasteiger partial charge in [-0.05, 0) is 13.3 Å². The second kappa shape index (κ2) is 3.38. The predicted octanol–water partition coefficient (Wildman–Crippen LogP) is 0.929. The van der Waals surface area contributed by atoms with Crippen molar-refractivity contribution >= 4 is 5.69 Å². The lowest BCUT2D eigenvalue weighted by Gasteiger charge is -2.09. The molecule has 1 aliphatic heterocycles. The zero-order valence-corrected chi connectivity index (χ0v) is 8.08. The van der Waals surface area contributed by atoms with Gasteiger partial charge in [0.2, 0.25) is 0 Å². The zero-order chi connectivity index (χ0) is 9.26. The van der Waals surface area contributed by atoms with Gasteiger partial charge >= 0.3 is 0 Å². The van der Waals surface area contributed by atoms with E-state index in [1.807, 2.05) is 24.9 Å². The molecule has 1 unspecified atom stereocenters. The fourth-order valence-electron chi connectivity index (χ4n) is 1.61. The van der Waals surface area contributed by atoms with E-state index in [4.69, 9.17) is 4.74 Å². The monoisotopic (exact) mass is 181 g/mol. The molecule has 1 N–H and O–H groups in total. The van der Waals surface area contributed by atoms with Gasteiger partial charge in [0.1, 0.15) is 0 Å². The fraction of sp³-hybridized carbons (Fsp3) is 0.667. The van der Waals surface area contributed by atoms with Crippen molar-refractivity contribution in [2.24, 2.45) is 7.05 Å². The van der Waals surface area contributed by atoms with E-state index in [9.17, 15) is 0 Å². The molecule has 1 aliphatic rings. The number of ether oxygens (including phenoxy) is 1. The molecule has 1 atom stereocenters. The molecule has 1 fully saturated rings. The summed E-state index contributed by atoms with van der Waals surface area (Å²) in [5.41, 5.74) is 2.17. The molecule has 1 aromatic heterocycles. The lowest BCUT2D eigenvalue weighted by Crippen LogP contribution is -2.18. The third-order valence-corrected chi connectivity index (χ3v) is 2.30. The number of hydrogen-bond donors (Lipinski definition) is 1. The average Bonchev–Trinajstić information content (AvgIpc) is 2.63. The third-order valence-electron chi connectivity index (χ3n) is 2.30. The van der Waals surface area contributed by atoms with E-state index in [0.717, 1.165) is 31.0 Å². The Balaban J connectivity index is 2.03. The SMILES string of the molecule is Cc1nn(C)cc1NC1CCOC1. The highest BCUT2D eigenvalue weighted by Gasteiger charge is 2.16. The molecule has 0 aliphatic carbocycles. The Labute approximate surface area is 77.9 Å². The average molecular weight is 181 g/mol. The maximum atomic E-state index is 5.29. The van der Waals surface area contributed by atoms with Crippen LogP contribution in [0.25, 0.3) is 0 Å². The van der Waals surface area contributed by atoms with Crippen LogP contribution in [-0.4, -0.2) is 29.0 Å². The number of rotatable bonds is 2. The highest BCUT2D eigenvalue weighted by molar-refractivity contribution is 5.46. The van der Waals surface area contributed by atoms with Crippen molar-refractivity contribution in [3.05, 3.63) is 11.9 Å². The molecule has 2 rings (SSSR count). The molecule has 13 heavy (non-hydrogen) atoms. The van der Waals surface area contributed by atoms with E-state index in [1.165, 1.54) is 0 Å². The van der Waals surface area contributed by atoms with Crippen LogP contribution in [0.5, 0.6) is 0 Å². The van der Waals surface area contributed by atoms with Gasteiger partial charge in [0.25, 0.3) is 0 Å². The summed E-state index contributed by atoms with van der Waals surface area (Å²) in [6.07, 6.45) is 3.10. The van der Waals surface area contributed by atoms with Crippen molar-refractivity contribution < 1.29 is 4.74 Å². The van der Waals surface area contributed by atoms with Crippen LogP contribution in [0.15, 0.2) is 6.20 Å².